The minimum Gasteiger partial charge on any atom is -0.384 e. The van der Waals surface area contributed by atoms with Gasteiger partial charge in [0.2, 0.25) is 0 Å². The van der Waals surface area contributed by atoms with Crippen molar-refractivity contribution in [2.45, 2.75) is 39.2 Å². The number of methoxy groups -OCH3 is 1. The lowest BCUT2D eigenvalue weighted by atomic mass is 9.99. The van der Waals surface area contributed by atoms with Crippen LogP contribution in [0.25, 0.3) is 0 Å². The van der Waals surface area contributed by atoms with Crippen LogP contribution in [0.3, 0.4) is 0 Å². The van der Waals surface area contributed by atoms with Gasteiger partial charge in [0.15, 0.2) is 0 Å². The summed E-state index contributed by atoms with van der Waals surface area (Å²) >= 11 is 0. The Balaban J connectivity index is 2.15. The predicted octanol–water partition coefficient (Wildman–Crippen LogP) is 2.73. The van der Waals surface area contributed by atoms with Crippen LogP contribution in [0.2, 0.25) is 0 Å². The van der Waals surface area contributed by atoms with Gasteiger partial charge < -0.3 is 9.30 Å². The Hall–Kier alpha value is -0.830. The first-order chi connectivity index (χ1) is 7.36. The molecule has 86 valence electrons. The van der Waals surface area contributed by atoms with E-state index in [-0.39, 0.29) is 0 Å². The minimum atomic E-state index is 0.725. The number of ether oxygens (including phenoxy) is 1. The van der Waals surface area contributed by atoms with E-state index >= 15 is 0 Å². The van der Waals surface area contributed by atoms with Crippen LogP contribution in [0.15, 0.2) is 18.7 Å². The molecular weight excluding hydrogens is 188 g/mol. The Bertz CT molecular complexity index is 228. The van der Waals surface area contributed by atoms with Gasteiger partial charge in [0.25, 0.3) is 0 Å². The summed E-state index contributed by atoms with van der Waals surface area (Å²) in [5, 5.41) is 0. The molecule has 15 heavy (non-hydrogen) atoms. The van der Waals surface area contributed by atoms with Gasteiger partial charge in [0.05, 0.1) is 6.33 Å². The van der Waals surface area contributed by atoms with Crippen LogP contribution in [0.5, 0.6) is 0 Å². The molecule has 0 N–H and O–H groups in total. The highest BCUT2D eigenvalue weighted by molar-refractivity contribution is 4.73. The molecule has 1 rings (SSSR count). The topological polar surface area (TPSA) is 27.1 Å². The van der Waals surface area contributed by atoms with Crippen LogP contribution >= 0.6 is 0 Å². The second kappa shape index (κ2) is 7.46. The normalized spacial score (nSPS) is 12.9. The number of hydrogen-bond acceptors (Lipinski definition) is 2. The maximum absolute atomic E-state index is 5.23. The van der Waals surface area contributed by atoms with Gasteiger partial charge in [-0.15, -0.1) is 0 Å². The molecule has 1 heterocycles. The van der Waals surface area contributed by atoms with Crippen molar-refractivity contribution < 1.29 is 4.74 Å². The molecule has 3 heteroatoms. The highest BCUT2D eigenvalue weighted by Gasteiger charge is 2.06. The van der Waals surface area contributed by atoms with Gasteiger partial charge >= 0.3 is 0 Å². The largest absolute Gasteiger partial charge is 0.384 e. The number of hydrogen-bond donors (Lipinski definition) is 0. The Kier molecular flexibility index (Phi) is 6.09. The fraction of sp³-hybridized carbons (Fsp3) is 0.750. The van der Waals surface area contributed by atoms with E-state index in [4.69, 9.17) is 4.74 Å². The van der Waals surface area contributed by atoms with E-state index in [9.17, 15) is 0 Å². The summed E-state index contributed by atoms with van der Waals surface area (Å²) < 4.78 is 7.36. The van der Waals surface area contributed by atoms with Crippen LogP contribution in [-0.4, -0.2) is 23.3 Å². The maximum atomic E-state index is 5.23. The highest BCUT2D eigenvalue weighted by Crippen LogP contribution is 2.14. The van der Waals surface area contributed by atoms with Gasteiger partial charge in [0.1, 0.15) is 0 Å². The van der Waals surface area contributed by atoms with E-state index in [0.717, 1.165) is 19.1 Å². The second-order valence-electron chi connectivity index (χ2n) is 4.05. The van der Waals surface area contributed by atoms with Crippen LogP contribution < -0.4 is 0 Å². The van der Waals surface area contributed by atoms with Gasteiger partial charge in [-0.3, -0.25) is 0 Å². The fourth-order valence-corrected chi connectivity index (χ4v) is 1.94. The van der Waals surface area contributed by atoms with Gasteiger partial charge in [-0.2, -0.15) is 0 Å². The number of aromatic nitrogens is 2. The number of aryl methyl sites for hydroxylation is 1. The van der Waals surface area contributed by atoms with Crippen molar-refractivity contribution in [2.75, 3.05) is 13.7 Å². The summed E-state index contributed by atoms with van der Waals surface area (Å²) in [4.78, 5) is 4.03. The summed E-state index contributed by atoms with van der Waals surface area (Å²) in [7, 11) is 1.79. The standard InChI is InChI=1S/C12H22N2O/c1-3-5-12(10-15-2)6-4-8-14-9-7-13-11-14/h7,9,11-12H,3-6,8,10H2,1-2H3/t12-/m0/s1. The third kappa shape index (κ3) is 4.98. The number of imidazole rings is 1. The summed E-state index contributed by atoms with van der Waals surface area (Å²) in [6.07, 6.45) is 10.7. The van der Waals surface area contributed by atoms with Gasteiger partial charge in [-0.1, -0.05) is 13.3 Å². The molecule has 0 unspecified atom stereocenters. The molecule has 1 aromatic heterocycles. The molecule has 1 atom stereocenters. The molecule has 0 aromatic carbocycles. The average Bonchev–Trinajstić information content (AvgIpc) is 2.71. The maximum Gasteiger partial charge on any atom is 0.0945 e. The zero-order valence-corrected chi connectivity index (χ0v) is 9.85. The monoisotopic (exact) mass is 210 g/mol. The Morgan fingerprint density at radius 3 is 2.87 bits per heavy atom. The Labute approximate surface area is 92.5 Å². The van der Waals surface area contributed by atoms with Crippen LogP contribution in [-0.2, 0) is 11.3 Å². The lowest BCUT2D eigenvalue weighted by molar-refractivity contribution is 0.141. The van der Waals surface area contributed by atoms with Crippen molar-refractivity contribution in [3.63, 3.8) is 0 Å². The van der Waals surface area contributed by atoms with Gasteiger partial charge in [-0.25, -0.2) is 4.98 Å². The smallest absolute Gasteiger partial charge is 0.0945 e. The van der Waals surface area contributed by atoms with E-state index < -0.39 is 0 Å². The first-order valence-corrected chi connectivity index (χ1v) is 5.81. The fourth-order valence-electron chi connectivity index (χ4n) is 1.94. The summed E-state index contributed by atoms with van der Waals surface area (Å²) in [6, 6.07) is 0. The lowest BCUT2D eigenvalue weighted by Crippen LogP contribution is -2.09. The molecule has 0 radical (unpaired) electrons. The average molecular weight is 210 g/mol. The Morgan fingerprint density at radius 2 is 2.27 bits per heavy atom. The van der Waals surface area contributed by atoms with Crippen molar-refractivity contribution in [3.05, 3.63) is 18.7 Å². The molecule has 0 amide bonds. The molecule has 0 fully saturated rings. The van der Waals surface area contributed by atoms with Crippen LogP contribution in [0.4, 0.5) is 0 Å². The number of nitrogens with zero attached hydrogens (tertiary/aromatic N) is 2. The van der Waals surface area contributed by atoms with Crippen molar-refractivity contribution in [3.8, 4) is 0 Å². The Morgan fingerprint density at radius 1 is 1.40 bits per heavy atom. The summed E-state index contributed by atoms with van der Waals surface area (Å²) in [5.41, 5.74) is 0. The third-order valence-corrected chi connectivity index (χ3v) is 2.69. The van der Waals surface area contributed by atoms with Crippen molar-refractivity contribution in [2.24, 2.45) is 5.92 Å². The zero-order chi connectivity index (χ0) is 10.9. The molecule has 0 spiro atoms. The quantitative estimate of drug-likeness (QED) is 0.659. The van der Waals surface area contributed by atoms with Gasteiger partial charge in [-0.05, 0) is 25.2 Å². The SMILES string of the molecule is CCC[C@@H](CCCn1ccnc1)COC. The molecular formula is C12H22N2O. The summed E-state index contributed by atoms with van der Waals surface area (Å²) in [5.74, 6) is 0.725. The first-order valence-electron chi connectivity index (χ1n) is 5.81. The molecule has 0 aliphatic rings. The van der Waals surface area contributed by atoms with Crippen LogP contribution in [0, 0.1) is 5.92 Å². The molecule has 0 aliphatic carbocycles. The van der Waals surface area contributed by atoms with E-state index in [2.05, 4.69) is 16.5 Å². The van der Waals surface area contributed by atoms with Crippen molar-refractivity contribution in [1.82, 2.24) is 9.55 Å². The number of rotatable bonds is 8. The van der Waals surface area contributed by atoms with E-state index in [1.165, 1.54) is 25.7 Å². The minimum absolute atomic E-state index is 0.725. The van der Waals surface area contributed by atoms with Crippen molar-refractivity contribution >= 4 is 0 Å². The molecule has 0 saturated heterocycles. The summed E-state index contributed by atoms with van der Waals surface area (Å²) in [6.45, 7) is 4.21. The molecule has 0 saturated carbocycles. The van der Waals surface area contributed by atoms with Crippen molar-refractivity contribution in [1.29, 1.82) is 0 Å². The van der Waals surface area contributed by atoms with E-state index in [1.807, 2.05) is 18.7 Å². The molecule has 1 aromatic rings. The molecule has 0 bridgehead atoms. The van der Waals surface area contributed by atoms with Gasteiger partial charge in [0, 0.05) is 32.7 Å². The van der Waals surface area contributed by atoms with E-state index in [1.54, 1.807) is 7.11 Å². The van der Waals surface area contributed by atoms with Crippen LogP contribution in [0.1, 0.15) is 32.6 Å². The molecule has 0 aliphatic heterocycles. The first kappa shape index (κ1) is 12.2. The molecule has 3 nitrogen and oxygen atoms in total. The second-order valence-corrected chi connectivity index (χ2v) is 4.05. The zero-order valence-electron chi connectivity index (χ0n) is 9.85. The van der Waals surface area contributed by atoms with E-state index in [0.29, 0.717) is 0 Å². The lowest BCUT2D eigenvalue weighted by Gasteiger charge is -2.14. The third-order valence-electron chi connectivity index (χ3n) is 2.69. The highest BCUT2D eigenvalue weighted by atomic mass is 16.5. The predicted molar refractivity (Wildman–Crippen MR) is 61.7 cm³/mol.